The third-order valence-electron chi connectivity index (χ3n) is 3.11. The van der Waals surface area contributed by atoms with Crippen molar-refractivity contribution in [2.75, 3.05) is 7.11 Å². The molecule has 0 aliphatic rings. The van der Waals surface area contributed by atoms with Gasteiger partial charge in [-0.1, -0.05) is 0 Å². The standard InChI is InChI=1S/C13H20N4O2/c1-8(2)17-12(10(18-4)7-15-17)11(16-14)13-9(3)5-6-19-13/h5-8,11,16H,14H2,1-4H3. The molecule has 0 fully saturated rings. The molecular formula is C13H20N4O2. The van der Waals surface area contributed by atoms with Crippen LogP contribution in [0.1, 0.15) is 42.9 Å². The number of rotatable bonds is 5. The molecule has 2 heterocycles. The van der Waals surface area contributed by atoms with Crippen molar-refractivity contribution in [2.24, 2.45) is 5.84 Å². The summed E-state index contributed by atoms with van der Waals surface area (Å²) in [6, 6.07) is 1.81. The van der Waals surface area contributed by atoms with Gasteiger partial charge in [0, 0.05) is 6.04 Å². The number of hydrazine groups is 1. The molecule has 3 N–H and O–H groups in total. The molecule has 6 heteroatoms. The molecule has 0 saturated carbocycles. The number of methoxy groups -OCH3 is 1. The maximum atomic E-state index is 5.71. The van der Waals surface area contributed by atoms with Crippen molar-refractivity contribution in [1.29, 1.82) is 0 Å². The number of aromatic nitrogens is 2. The first kappa shape index (κ1) is 13.6. The van der Waals surface area contributed by atoms with Gasteiger partial charge < -0.3 is 9.15 Å². The predicted molar refractivity (Wildman–Crippen MR) is 71.8 cm³/mol. The number of furan rings is 1. The molecular weight excluding hydrogens is 244 g/mol. The van der Waals surface area contributed by atoms with Crippen molar-refractivity contribution >= 4 is 0 Å². The molecule has 0 bridgehead atoms. The number of nitrogens with two attached hydrogens (primary N) is 1. The Morgan fingerprint density at radius 1 is 1.47 bits per heavy atom. The van der Waals surface area contributed by atoms with Crippen molar-refractivity contribution in [3.05, 3.63) is 35.5 Å². The van der Waals surface area contributed by atoms with E-state index in [1.54, 1.807) is 19.6 Å². The fourth-order valence-electron chi connectivity index (χ4n) is 2.16. The molecule has 1 unspecified atom stereocenters. The van der Waals surface area contributed by atoms with Crippen LogP contribution in [0.3, 0.4) is 0 Å². The lowest BCUT2D eigenvalue weighted by Crippen LogP contribution is -2.31. The van der Waals surface area contributed by atoms with E-state index >= 15 is 0 Å². The zero-order valence-corrected chi connectivity index (χ0v) is 11.7. The van der Waals surface area contributed by atoms with E-state index in [-0.39, 0.29) is 12.1 Å². The summed E-state index contributed by atoms with van der Waals surface area (Å²) in [5, 5.41) is 4.35. The van der Waals surface area contributed by atoms with Gasteiger partial charge in [-0.3, -0.25) is 10.5 Å². The molecule has 6 nitrogen and oxygen atoms in total. The van der Waals surface area contributed by atoms with Gasteiger partial charge in [0.15, 0.2) is 5.75 Å². The lowest BCUT2D eigenvalue weighted by atomic mass is 10.1. The average Bonchev–Trinajstić information content (AvgIpc) is 2.98. The van der Waals surface area contributed by atoms with E-state index in [0.717, 1.165) is 17.0 Å². The van der Waals surface area contributed by atoms with Crippen LogP contribution in [0.15, 0.2) is 22.9 Å². The van der Waals surface area contributed by atoms with Crippen LogP contribution in [0.4, 0.5) is 0 Å². The number of ether oxygens (including phenoxy) is 1. The largest absolute Gasteiger partial charge is 0.493 e. The van der Waals surface area contributed by atoms with Gasteiger partial charge >= 0.3 is 0 Å². The smallest absolute Gasteiger partial charge is 0.162 e. The molecule has 2 rings (SSSR count). The van der Waals surface area contributed by atoms with Crippen LogP contribution in [0.25, 0.3) is 0 Å². The lowest BCUT2D eigenvalue weighted by Gasteiger charge is -2.19. The van der Waals surface area contributed by atoms with Crippen molar-refractivity contribution in [1.82, 2.24) is 15.2 Å². The summed E-state index contributed by atoms with van der Waals surface area (Å²) < 4.78 is 12.8. The number of hydrogen-bond acceptors (Lipinski definition) is 5. The summed E-state index contributed by atoms with van der Waals surface area (Å²) >= 11 is 0. The molecule has 0 aliphatic carbocycles. The number of nitrogens with zero attached hydrogens (tertiary/aromatic N) is 2. The molecule has 0 saturated heterocycles. The van der Waals surface area contributed by atoms with Crippen LogP contribution in [-0.4, -0.2) is 16.9 Å². The lowest BCUT2D eigenvalue weighted by molar-refractivity contribution is 0.376. The zero-order chi connectivity index (χ0) is 14.0. The minimum absolute atomic E-state index is 0.199. The second-order valence-electron chi connectivity index (χ2n) is 4.70. The highest BCUT2D eigenvalue weighted by Gasteiger charge is 2.27. The van der Waals surface area contributed by atoms with Crippen LogP contribution < -0.4 is 16.0 Å². The molecule has 0 amide bonds. The second kappa shape index (κ2) is 5.46. The molecule has 0 spiro atoms. The molecule has 2 aromatic rings. The number of aryl methyl sites for hydroxylation is 1. The van der Waals surface area contributed by atoms with Gasteiger partial charge in [-0.2, -0.15) is 5.10 Å². The van der Waals surface area contributed by atoms with E-state index in [9.17, 15) is 0 Å². The predicted octanol–water partition coefficient (Wildman–Crippen LogP) is 1.93. The summed E-state index contributed by atoms with van der Waals surface area (Å²) in [4.78, 5) is 0. The monoisotopic (exact) mass is 264 g/mol. The Kier molecular flexibility index (Phi) is 3.92. The number of hydrogen-bond donors (Lipinski definition) is 2. The first-order valence-electron chi connectivity index (χ1n) is 6.21. The topological polar surface area (TPSA) is 78.2 Å². The molecule has 1 atom stereocenters. The minimum Gasteiger partial charge on any atom is -0.493 e. The molecule has 0 radical (unpaired) electrons. The first-order chi connectivity index (χ1) is 9.10. The van der Waals surface area contributed by atoms with Crippen LogP contribution in [0.2, 0.25) is 0 Å². The Labute approximate surface area is 112 Å². The van der Waals surface area contributed by atoms with E-state index in [4.69, 9.17) is 15.0 Å². The van der Waals surface area contributed by atoms with Gasteiger partial charge in [-0.15, -0.1) is 0 Å². The van der Waals surface area contributed by atoms with Crippen molar-refractivity contribution < 1.29 is 9.15 Å². The Morgan fingerprint density at radius 3 is 2.68 bits per heavy atom. The Morgan fingerprint density at radius 2 is 2.21 bits per heavy atom. The van der Waals surface area contributed by atoms with Crippen LogP contribution in [0.5, 0.6) is 5.75 Å². The van der Waals surface area contributed by atoms with Gasteiger partial charge in [0.05, 0.1) is 19.6 Å². The first-order valence-corrected chi connectivity index (χ1v) is 6.21. The zero-order valence-electron chi connectivity index (χ0n) is 11.7. The fourth-order valence-corrected chi connectivity index (χ4v) is 2.16. The maximum absolute atomic E-state index is 5.71. The SMILES string of the molecule is COc1cnn(C(C)C)c1C(NN)c1occc1C. The second-order valence-corrected chi connectivity index (χ2v) is 4.70. The summed E-state index contributed by atoms with van der Waals surface area (Å²) in [7, 11) is 1.62. The van der Waals surface area contributed by atoms with E-state index in [1.807, 2.05) is 17.7 Å². The number of nitrogens with one attached hydrogen (secondary N) is 1. The minimum atomic E-state index is -0.296. The molecule has 0 aromatic carbocycles. The summed E-state index contributed by atoms with van der Waals surface area (Å²) in [6.07, 6.45) is 3.34. The van der Waals surface area contributed by atoms with E-state index in [2.05, 4.69) is 24.4 Å². The third-order valence-corrected chi connectivity index (χ3v) is 3.11. The van der Waals surface area contributed by atoms with Gasteiger partial charge in [0.25, 0.3) is 0 Å². The van der Waals surface area contributed by atoms with Crippen LogP contribution >= 0.6 is 0 Å². The highest BCUT2D eigenvalue weighted by Crippen LogP contribution is 2.33. The highest BCUT2D eigenvalue weighted by molar-refractivity contribution is 5.35. The molecule has 104 valence electrons. The van der Waals surface area contributed by atoms with Crippen LogP contribution in [0, 0.1) is 6.92 Å². The van der Waals surface area contributed by atoms with Crippen molar-refractivity contribution in [3.63, 3.8) is 0 Å². The van der Waals surface area contributed by atoms with Gasteiger partial charge in [-0.25, -0.2) is 5.43 Å². The van der Waals surface area contributed by atoms with E-state index < -0.39 is 0 Å². The van der Waals surface area contributed by atoms with E-state index in [1.165, 1.54) is 0 Å². The Bertz CT molecular complexity index is 545. The molecule has 0 aliphatic heterocycles. The van der Waals surface area contributed by atoms with Crippen molar-refractivity contribution in [3.8, 4) is 5.75 Å². The Balaban J connectivity index is 2.54. The van der Waals surface area contributed by atoms with Crippen LogP contribution in [-0.2, 0) is 0 Å². The van der Waals surface area contributed by atoms with Gasteiger partial charge in [0.2, 0.25) is 0 Å². The summed E-state index contributed by atoms with van der Waals surface area (Å²) in [5.74, 6) is 7.16. The molecule has 19 heavy (non-hydrogen) atoms. The molecule has 2 aromatic heterocycles. The van der Waals surface area contributed by atoms with Crippen molar-refractivity contribution in [2.45, 2.75) is 32.9 Å². The van der Waals surface area contributed by atoms with E-state index in [0.29, 0.717) is 5.75 Å². The average molecular weight is 264 g/mol. The van der Waals surface area contributed by atoms with Gasteiger partial charge in [0.1, 0.15) is 17.5 Å². The fraction of sp³-hybridized carbons (Fsp3) is 0.462. The summed E-state index contributed by atoms with van der Waals surface area (Å²) in [5.41, 5.74) is 4.67. The Hall–Kier alpha value is -1.79. The maximum Gasteiger partial charge on any atom is 0.162 e. The van der Waals surface area contributed by atoms with Gasteiger partial charge in [-0.05, 0) is 32.4 Å². The third kappa shape index (κ3) is 2.36. The normalized spacial score (nSPS) is 12.9. The quantitative estimate of drug-likeness (QED) is 0.637. The highest BCUT2D eigenvalue weighted by atomic mass is 16.5. The summed E-state index contributed by atoms with van der Waals surface area (Å²) in [6.45, 7) is 6.09.